The molecule has 1 fully saturated rings. The number of nitrogens with one attached hydrogen (secondary N) is 1. The number of hydrogen-bond acceptors (Lipinski definition) is 3. The first-order chi connectivity index (χ1) is 10.2. The van der Waals surface area contributed by atoms with Crippen LogP contribution in [0, 0.1) is 5.92 Å². The summed E-state index contributed by atoms with van der Waals surface area (Å²) in [5.41, 5.74) is 1.28. The summed E-state index contributed by atoms with van der Waals surface area (Å²) in [6, 6.07) is 9.04. The van der Waals surface area contributed by atoms with Crippen LogP contribution in [0.25, 0.3) is 0 Å². The summed E-state index contributed by atoms with van der Waals surface area (Å²) >= 11 is 0. The number of methoxy groups -OCH3 is 1. The molecule has 1 aliphatic rings. The Bertz CT molecular complexity index is 421. The highest BCUT2D eigenvalue weighted by Crippen LogP contribution is 2.27. The summed E-state index contributed by atoms with van der Waals surface area (Å²) in [6.07, 6.45) is 5.29. The summed E-state index contributed by atoms with van der Waals surface area (Å²) in [5, 5.41) is 3.72. The van der Waals surface area contributed by atoms with Crippen molar-refractivity contribution < 1.29 is 4.74 Å². The lowest BCUT2D eigenvalue weighted by atomic mass is 10.0. The zero-order valence-corrected chi connectivity index (χ0v) is 13.8. The minimum Gasteiger partial charge on any atom is -0.496 e. The van der Waals surface area contributed by atoms with E-state index in [2.05, 4.69) is 36.3 Å². The predicted octanol–water partition coefficient (Wildman–Crippen LogP) is 3.30. The van der Waals surface area contributed by atoms with E-state index in [4.69, 9.17) is 4.74 Å². The molecule has 1 aromatic carbocycles. The van der Waals surface area contributed by atoms with Crippen molar-refractivity contribution in [2.24, 2.45) is 5.92 Å². The molecule has 0 aliphatic heterocycles. The van der Waals surface area contributed by atoms with Crippen LogP contribution in [0.5, 0.6) is 5.75 Å². The Labute approximate surface area is 129 Å². The molecule has 0 saturated heterocycles. The van der Waals surface area contributed by atoms with E-state index in [9.17, 15) is 0 Å². The highest BCUT2D eigenvalue weighted by atomic mass is 16.5. The monoisotopic (exact) mass is 290 g/mol. The van der Waals surface area contributed by atoms with Crippen molar-refractivity contribution in [3.63, 3.8) is 0 Å². The Hall–Kier alpha value is -1.06. The molecule has 3 heteroatoms. The van der Waals surface area contributed by atoms with Gasteiger partial charge in [0.05, 0.1) is 7.11 Å². The van der Waals surface area contributed by atoms with Crippen molar-refractivity contribution >= 4 is 0 Å². The van der Waals surface area contributed by atoms with Gasteiger partial charge in [-0.2, -0.15) is 0 Å². The van der Waals surface area contributed by atoms with Gasteiger partial charge >= 0.3 is 0 Å². The number of nitrogens with zero attached hydrogens (tertiary/aromatic N) is 1. The van der Waals surface area contributed by atoms with Gasteiger partial charge in [0.2, 0.25) is 0 Å². The molecule has 0 spiro atoms. The Kier molecular flexibility index (Phi) is 6.52. The second-order valence-electron chi connectivity index (χ2n) is 6.26. The normalized spacial score (nSPS) is 21.9. The Balaban J connectivity index is 1.87. The Morgan fingerprint density at radius 2 is 2.10 bits per heavy atom. The summed E-state index contributed by atoms with van der Waals surface area (Å²) in [6.45, 7) is 5.52. The molecule has 0 aromatic heterocycles. The van der Waals surface area contributed by atoms with Crippen molar-refractivity contribution in [2.75, 3.05) is 27.2 Å². The number of hydrogen-bond donors (Lipinski definition) is 1. The number of rotatable bonds is 8. The molecule has 1 aliphatic carbocycles. The van der Waals surface area contributed by atoms with Crippen molar-refractivity contribution in [1.29, 1.82) is 0 Å². The van der Waals surface area contributed by atoms with Gasteiger partial charge in [-0.15, -0.1) is 0 Å². The van der Waals surface area contributed by atoms with Crippen LogP contribution in [0.3, 0.4) is 0 Å². The SMILES string of the molecule is CCCNC1CCCC1CN(C)Cc1ccccc1OC. The third-order valence-electron chi connectivity index (χ3n) is 4.49. The molecular weight excluding hydrogens is 260 g/mol. The highest BCUT2D eigenvalue weighted by molar-refractivity contribution is 5.33. The van der Waals surface area contributed by atoms with Crippen LogP contribution in [0.1, 0.15) is 38.2 Å². The fraction of sp³-hybridized carbons (Fsp3) is 0.667. The molecule has 2 rings (SSSR count). The molecule has 2 unspecified atom stereocenters. The van der Waals surface area contributed by atoms with Gasteiger partial charge in [0.15, 0.2) is 0 Å². The van der Waals surface area contributed by atoms with E-state index in [0.29, 0.717) is 6.04 Å². The zero-order valence-electron chi connectivity index (χ0n) is 13.8. The van der Waals surface area contributed by atoms with Gasteiger partial charge in [-0.3, -0.25) is 0 Å². The van der Waals surface area contributed by atoms with Gasteiger partial charge in [0, 0.05) is 24.7 Å². The molecule has 0 bridgehead atoms. The van der Waals surface area contributed by atoms with Crippen molar-refractivity contribution in [3.05, 3.63) is 29.8 Å². The summed E-state index contributed by atoms with van der Waals surface area (Å²) in [5.74, 6) is 1.78. The Morgan fingerprint density at radius 1 is 1.29 bits per heavy atom. The molecule has 0 radical (unpaired) electrons. The molecule has 118 valence electrons. The van der Waals surface area contributed by atoms with E-state index in [1.807, 2.05) is 12.1 Å². The van der Waals surface area contributed by atoms with E-state index in [1.54, 1.807) is 7.11 Å². The number of para-hydroxylation sites is 1. The van der Waals surface area contributed by atoms with E-state index in [-0.39, 0.29) is 0 Å². The van der Waals surface area contributed by atoms with Crippen LogP contribution < -0.4 is 10.1 Å². The smallest absolute Gasteiger partial charge is 0.123 e. The molecule has 3 nitrogen and oxygen atoms in total. The van der Waals surface area contributed by atoms with Crippen LogP contribution in [0.4, 0.5) is 0 Å². The summed E-state index contributed by atoms with van der Waals surface area (Å²) in [4.78, 5) is 2.44. The minimum absolute atomic E-state index is 0.713. The van der Waals surface area contributed by atoms with Crippen molar-refractivity contribution in [3.8, 4) is 5.75 Å². The molecule has 1 N–H and O–H groups in total. The van der Waals surface area contributed by atoms with E-state index < -0.39 is 0 Å². The molecule has 0 amide bonds. The quantitative estimate of drug-likeness (QED) is 0.795. The van der Waals surface area contributed by atoms with E-state index >= 15 is 0 Å². The maximum absolute atomic E-state index is 5.45. The van der Waals surface area contributed by atoms with Gasteiger partial charge in [-0.1, -0.05) is 31.5 Å². The third-order valence-corrected chi connectivity index (χ3v) is 4.49. The first kappa shape index (κ1) is 16.3. The van der Waals surface area contributed by atoms with Crippen LogP contribution >= 0.6 is 0 Å². The standard InChI is InChI=1S/C18H30N2O/c1-4-12-19-17-10-7-9-15(17)13-20(2)14-16-8-5-6-11-18(16)21-3/h5-6,8,11,15,17,19H,4,7,9-10,12-14H2,1-3H3. The van der Waals surface area contributed by atoms with Crippen LogP contribution in [-0.2, 0) is 6.54 Å². The molecule has 0 heterocycles. The van der Waals surface area contributed by atoms with Crippen LogP contribution in [-0.4, -0.2) is 38.2 Å². The first-order valence-electron chi connectivity index (χ1n) is 8.28. The predicted molar refractivity (Wildman–Crippen MR) is 88.8 cm³/mol. The third kappa shape index (κ3) is 4.72. The zero-order chi connectivity index (χ0) is 15.1. The van der Waals surface area contributed by atoms with Gasteiger partial charge in [-0.05, 0) is 44.8 Å². The largest absolute Gasteiger partial charge is 0.496 e. The van der Waals surface area contributed by atoms with Crippen LogP contribution in [0.15, 0.2) is 24.3 Å². The molecule has 2 atom stereocenters. The van der Waals surface area contributed by atoms with Crippen molar-refractivity contribution in [2.45, 2.75) is 45.2 Å². The maximum atomic E-state index is 5.45. The average Bonchev–Trinajstić information content (AvgIpc) is 2.92. The molecular formula is C18H30N2O. The minimum atomic E-state index is 0.713. The summed E-state index contributed by atoms with van der Waals surface area (Å²) < 4.78 is 5.45. The van der Waals surface area contributed by atoms with Gasteiger partial charge in [-0.25, -0.2) is 0 Å². The second-order valence-corrected chi connectivity index (χ2v) is 6.26. The maximum Gasteiger partial charge on any atom is 0.123 e. The van der Waals surface area contributed by atoms with Gasteiger partial charge < -0.3 is 15.0 Å². The van der Waals surface area contributed by atoms with E-state index in [1.165, 1.54) is 37.8 Å². The number of ether oxygens (including phenoxy) is 1. The Morgan fingerprint density at radius 3 is 2.86 bits per heavy atom. The van der Waals surface area contributed by atoms with Gasteiger partial charge in [0.25, 0.3) is 0 Å². The molecule has 1 saturated carbocycles. The fourth-order valence-corrected chi connectivity index (χ4v) is 3.44. The van der Waals surface area contributed by atoms with Gasteiger partial charge in [0.1, 0.15) is 5.75 Å². The second kappa shape index (κ2) is 8.40. The topological polar surface area (TPSA) is 24.5 Å². The number of benzene rings is 1. The summed E-state index contributed by atoms with van der Waals surface area (Å²) in [7, 11) is 3.97. The molecule has 21 heavy (non-hydrogen) atoms. The lowest BCUT2D eigenvalue weighted by molar-refractivity contribution is 0.242. The fourth-order valence-electron chi connectivity index (χ4n) is 3.44. The van der Waals surface area contributed by atoms with E-state index in [0.717, 1.165) is 24.8 Å². The lowest BCUT2D eigenvalue weighted by Gasteiger charge is -2.26. The lowest BCUT2D eigenvalue weighted by Crippen LogP contribution is -2.38. The van der Waals surface area contributed by atoms with Crippen LogP contribution in [0.2, 0.25) is 0 Å². The van der Waals surface area contributed by atoms with Crippen molar-refractivity contribution in [1.82, 2.24) is 10.2 Å². The average molecular weight is 290 g/mol. The highest BCUT2D eigenvalue weighted by Gasteiger charge is 2.27. The first-order valence-corrected chi connectivity index (χ1v) is 8.28. The molecule has 1 aromatic rings.